The molecule has 0 aliphatic heterocycles. The van der Waals surface area contributed by atoms with Gasteiger partial charge in [-0.25, -0.2) is 17.5 Å². The Morgan fingerprint density at radius 3 is 2.33 bits per heavy atom. The van der Waals surface area contributed by atoms with E-state index in [0.29, 0.717) is 6.42 Å². The van der Waals surface area contributed by atoms with Crippen LogP contribution < -0.4 is 4.72 Å². The van der Waals surface area contributed by atoms with Gasteiger partial charge in [0.1, 0.15) is 5.82 Å². The number of nitrogens with one attached hydrogen (secondary N) is 1. The van der Waals surface area contributed by atoms with E-state index in [4.69, 9.17) is 0 Å². The van der Waals surface area contributed by atoms with Crippen molar-refractivity contribution in [2.45, 2.75) is 31.2 Å². The van der Waals surface area contributed by atoms with Crippen LogP contribution in [0.3, 0.4) is 0 Å². The summed E-state index contributed by atoms with van der Waals surface area (Å²) in [6.07, 6.45) is 0.709. The van der Waals surface area contributed by atoms with Crippen LogP contribution in [0.15, 0.2) is 29.2 Å². The Bertz CT molecular complexity index is 414. The minimum Gasteiger partial charge on any atom is -0.208 e. The second-order valence-corrected chi connectivity index (χ2v) is 5.10. The highest BCUT2D eigenvalue weighted by atomic mass is 32.2. The molecule has 0 spiro atoms. The molecular formula is C10H14FNO2S. The molecule has 1 N–H and O–H groups in total. The van der Waals surface area contributed by atoms with Gasteiger partial charge in [0.2, 0.25) is 10.0 Å². The van der Waals surface area contributed by atoms with Crippen molar-refractivity contribution < 1.29 is 12.8 Å². The van der Waals surface area contributed by atoms with Gasteiger partial charge in [0.05, 0.1) is 4.90 Å². The van der Waals surface area contributed by atoms with Crippen molar-refractivity contribution in [3.63, 3.8) is 0 Å². The monoisotopic (exact) mass is 231 g/mol. The number of benzene rings is 1. The van der Waals surface area contributed by atoms with E-state index in [9.17, 15) is 12.8 Å². The summed E-state index contributed by atoms with van der Waals surface area (Å²) >= 11 is 0. The zero-order valence-corrected chi connectivity index (χ0v) is 9.51. The topological polar surface area (TPSA) is 46.2 Å². The summed E-state index contributed by atoms with van der Waals surface area (Å²) in [7, 11) is -3.51. The van der Waals surface area contributed by atoms with E-state index in [-0.39, 0.29) is 10.9 Å². The molecule has 0 aliphatic carbocycles. The molecule has 0 heterocycles. The van der Waals surface area contributed by atoms with E-state index < -0.39 is 15.8 Å². The fourth-order valence-electron chi connectivity index (χ4n) is 1.03. The third-order valence-electron chi connectivity index (χ3n) is 2.09. The van der Waals surface area contributed by atoms with E-state index >= 15 is 0 Å². The molecule has 0 bridgehead atoms. The lowest BCUT2D eigenvalue weighted by Crippen LogP contribution is -2.31. The second-order valence-electron chi connectivity index (χ2n) is 3.38. The number of sulfonamides is 1. The van der Waals surface area contributed by atoms with E-state index in [1.54, 1.807) is 6.92 Å². The summed E-state index contributed by atoms with van der Waals surface area (Å²) in [5, 5.41) is 0. The Kier molecular flexibility index (Phi) is 3.82. The van der Waals surface area contributed by atoms with Crippen molar-refractivity contribution in [1.82, 2.24) is 4.72 Å². The van der Waals surface area contributed by atoms with Gasteiger partial charge in [0.25, 0.3) is 0 Å². The molecular weight excluding hydrogens is 217 g/mol. The van der Waals surface area contributed by atoms with Crippen molar-refractivity contribution in [2.24, 2.45) is 0 Å². The molecule has 84 valence electrons. The molecule has 1 aromatic carbocycles. The normalized spacial score (nSPS) is 13.8. The number of rotatable bonds is 4. The van der Waals surface area contributed by atoms with Crippen LogP contribution in [0.2, 0.25) is 0 Å². The predicted octanol–water partition coefficient (Wildman–Crippen LogP) is 1.90. The number of halogens is 1. The molecule has 0 aromatic heterocycles. The van der Waals surface area contributed by atoms with Gasteiger partial charge in [0, 0.05) is 6.04 Å². The molecule has 0 amide bonds. The van der Waals surface area contributed by atoms with Crippen LogP contribution in [-0.4, -0.2) is 14.5 Å². The molecule has 15 heavy (non-hydrogen) atoms. The minimum atomic E-state index is -3.51. The molecule has 0 fully saturated rings. The van der Waals surface area contributed by atoms with E-state index in [1.807, 2.05) is 6.92 Å². The van der Waals surface area contributed by atoms with E-state index in [2.05, 4.69) is 4.72 Å². The lowest BCUT2D eigenvalue weighted by Gasteiger charge is -2.11. The lowest BCUT2D eigenvalue weighted by molar-refractivity contribution is 0.555. The van der Waals surface area contributed by atoms with E-state index in [0.717, 1.165) is 12.1 Å². The molecule has 0 saturated carbocycles. The van der Waals surface area contributed by atoms with Gasteiger partial charge in [-0.3, -0.25) is 0 Å². The maximum atomic E-state index is 12.6. The average molecular weight is 231 g/mol. The van der Waals surface area contributed by atoms with Gasteiger partial charge in [-0.2, -0.15) is 0 Å². The first-order chi connectivity index (χ1) is 6.95. The van der Waals surface area contributed by atoms with Crippen LogP contribution in [0, 0.1) is 5.82 Å². The van der Waals surface area contributed by atoms with Gasteiger partial charge in [-0.05, 0) is 37.6 Å². The van der Waals surface area contributed by atoms with Gasteiger partial charge in [-0.1, -0.05) is 6.92 Å². The lowest BCUT2D eigenvalue weighted by atomic mass is 10.3. The smallest absolute Gasteiger partial charge is 0.208 e. The Hall–Kier alpha value is -0.940. The fraction of sp³-hybridized carbons (Fsp3) is 0.400. The number of hydrogen-bond acceptors (Lipinski definition) is 2. The molecule has 0 radical (unpaired) electrons. The van der Waals surface area contributed by atoms with Crippen molar-refractivity contribution in [3.8, 4) is 0 Å². The highest BCUT2D eigenvalue weighted by molar-refractivity contribution is 7.89. The Balaban J connectivity index is 2.91. The minimum absolute atomic E-state index is 0.0872. The molecule has 0 aliphatic rings. The quantitative estimate of drug-likeness (QED) is 0.860. The summed E-state index contributed by atoms with van der Waals surface area (Å²) in [5.74, 6) is -0.447. The summed E-state index contributed by atoms with van der Waals surface area (Å²) in [4.78, 5) is 0.0872. The molecule has 1 aromatic rings. The molecule has 5 heteroatoms. The van der Waals surface area contributed by atoms with Crippen molar-refractivity contribution in [3.05, 3.63) is 30.1 Å². The third-order valence-corrected chi connectivity index (χ3v) is 3.70. The van der Waals surface area contributed by atoms with Gasteiger partial charge in [0.15, 0.2) is 0 Å². The van der Waals surface area contributed by atoms with E-state index in [1.165, 1.54) is 12.1 Å². The van der Waals surface area contributed by atoms with Crippen molar-refractivity contribution >= 4 is 10.0 Å². The van der Waals surface area contributed by atoms with Crippen LogP contribution in [-0.2, 0) is 10.0 Å². The van der Waals surface area contributed by atoms with Crippen molar-refractivity contribution in [2.75, 3.05) is 0 Å². The Morgan fingerprint density at radius 1 is 1.33 bits per heavy atom. The summed E-state index contributed by atoms with van der Waals surface area (Å²) in [6, 6.07) is 4.64. The molecule has 0 unspecified atom stereocenters. The fourth-order valence-corrected chi connectivity index (χ4v) is 2.36. The Labute approximate surface area is 89.4 Å². The molecule has 1 rings (SSSR count). The van der Waals surface area contributed by atoms with Crippen LogP contribution >= 0.6 is 0 Å². The maximum absolute atomic E-state index is 12.6. The first kappa shape index (κ1) is 12.1. The first-order valence-corrected chi connectivity index (χ1v) is 6.22. The number of hydrogen-bond donors (Lipinski definition) is 1. The molecule has 3 nitrogen and oxygen atoms in total. The van der Waals surface area contributed by atoms with Crippen LogP contribution in [0.1, 0.15) is 20.3 Å². The zero-order chi connectivity index (χ0) is 11.5. The summed E-state index contributed by atoms with van der Waals surface area (Å²) in [5.41, 5.74) is 0. The second kappa shape index (κ2) is 4.72. The summed E-state index contributed by atoms with van der Waals surface area (Å²) < 4.78 is 38.4. The predicted molar refractivity (Wildman–Crippen MR) is 56.5 cm³/mol. The average Bonchev–Trinajstić information content (AvgIpc) is 2.17. The van der Waals surface area contributed by atoms with Crippen LogP contribution in [0.25, 0.3) is 0 Å². The Morgan fingerprint density at radius 2 is 1.87 bits per heavy atom. The maximum Gasteiger partial charge on any atom is 0.240 e. The van der Waals surface area contributed by atoms with Gasteiger partial charge in [-0.15, -0.1) is 0 Å². The third kappa shape index (κ3) is 3.28. The van der Waals surface area contributed by atoms with Crippen molar-refractivity contribution in [1.29, 1.82) is 0 Å². The van der Waals surface area contributed by atoms with Crippen LogP contribution in [0.4, 0.5) is 4.39 Å². The zero-order valence-electron chi connectivity index (χ0n) is 8.70. The SMILES string of the molecule is CC[C@H](C)NS(=O)(=O)c1ccc(F)cc1. The van der Waals surface area contributed by atoms with Gasteiger partial charge >= 0.3 is 0 Å². The summed E-state index contributed by atoms with van der Waals surface area (Å²) in [6.45, 7) is 3.67. The standard InChI is InChI=1S/C10H14FNO2S/c1-3-8(2)12-15(13,14)10-6-4-9(11)5-7-10/h4-8,12H,3H2,1-2H3/t8-/m0/s1. The molecule has 0 saturated heterocycles. The highest BCUT2D eigenvalue weighted by Gasteiger charge is 2.15. The highest BCUT2D eigenvalue weighted by Crippen LogP contribution is 2.10. The first-order valence-electron chi connectivity index (χ1n) is 4.73. The van der Waals surface area contributed by atoms with Crippen LogP contribution in [0.5, 0.6) is 0 Å². The molecule has 1 atom stereocenters. The van der Waals surface area contributed by atoms with Gasteiger partial charge < -0.3 is 0 Å². The largest absolute Gasteiger partial charge is 0.240 e.